The summed E-state index contributed by atoms with van der Waals surface area (Å²) in [5.74, 6) is 0.867. The zero-order valence-corrected chi connectivity index (χ0v) is 17.7. The maximum Gasteiger partial charge on any atom is 0.291 e. The molecular formula is C23H17BrN2O5. The lowest BCUT2D eigenvalue weighted by molar-refractivity contribution is 0.0986. The van der Waals surface area contributed by atoms with Gasteiger partial charge in [-0.25, -0.2) is 0 Å². The van der Waals surface area contributed by atoms with Gasteiger partial charge >= 0.3 is 0 Å². The number of carbonyl (C=O) groups is 2. The van der Waals surface area contributed by atoms with Crippen molar-refractivity contribution in [1.82, 2.24) is 0 Å². The van der Waals surface area contributed by atoms with Crippen molar-refractivity contribution in [3.8, 4) is 5.75 Å². The molecule has 31 heavy (non-hydrogen) atoms. The summed E-state index contributed by atoms with van der Waals surface area (Å²) >= 11 is 3.39. The highest BCUT2D eigenvalue weighted by Crippen LogP contribution is 2.20. The molecule has 0 aliphatic rings. The third-order valence-electron chi connectivity index (χ3n) is 4.21. The highest BCUT2D eigenvalue weighted by Gasteiger charge is 2.13. The fourth-order valence-corrected chi connectivity index (χ4v) is 3.10. The van der Waals surface area contributed by atoms with Crippen molar-refractivity contribution in [2.45, 2.75) is 6.61 Å². The molecule has 0 atom stereocenters. The van der Waals surface area contributed by atoms with Crippen LogP contribution in [0.1, 0.15) is 26.9 Å². The second-order valence-electron chi connectivity index (χ2n) is 6.47. The maximum atomic E-state index is 12.4. The van der Waals surface area contributed by atoms with Gasteiger partial charge in [-0.05, 0) is 66.7 Å². The summed E-state index contributed by atoms with van der Waals surface area (Å²) in [6.07, 6.45) is 1.43. The molecular weight excluding hydrogens is 464 g/mol. The van der Waals surface area contributed by atoms with Gasteiger partial charge in [0.2, 0.25) is 0 Å². The van der Waals surface area contributed by atoms with E-state index in [9.17, 15) is 9.59 Å². The minimum Gasteiger partial charge on any atom is -0.486 e. The molecule has 156 valence electrons. The lowest BCUT2D eigenvalue weighted by atomic mass is 10.2. The molecule has 7 nitrogen and oxygen atoms in total. The molecule has 0 aliphatic heterocycles. The Morgan fingerprint density at radius 3 is 2.19 bits per heavy atom. The SMILES string of the molecule is O=C(Nc1ccc(NC(=O)c2ccc(COc3cccc(Br)c3)o2)cc1)c1ccco1. The lowest BCUT2D eigenvalue weighted by Crippen LogP contribution is -2.12. The van der Waals surface area contributed by atoms with Crippen LogP contribution in [0.3, 0.4) is 0 Å². The molecule has 4 aromatic rings. The first-order valence-electron chi connectivity index (χ1n) is 9.30. The average Bonchev–Trinajstić information content (AvgIpc) is 3.46. The van der Waals surface area contributed by atoms with Crippen molar-refractivity contribution in [1.29, 1.82) is 0 Å². The number of carbonyl (C=O) groups excluding carboxylic acids is 2. The van der Waals surface area contributed by atoms with Gasteiger partial charge in [0.1, 0.15) is 18.1 Å². The predicted octanol–water partition coefficient (Wildman–Crippen LogP) is 5.72. The molecule has 0 aliphatic carbocycles. The highest BCUT2D eigenvalue weighted by molar-refractivity contribution is 9.10. The zero-order valence-electron chi connectivity index (χ0n) is 16.1. The maximum absolute atomic E-state index is 12.4. The third-order valence-corrected chi connectivity index (χ3v) is 4.70. The molecule has 0 unspecified atom stereocenters. The molecule has 0 bridgehead atoms. The summed E-state index contributed by atoms with van der Waals surface area (Å²) in [6.45, 7) is 0.202. The van der Waals surface area contributed by atoms with Crippen molar-refractivity contribution in [2.75, 3.05) is 10.6 Å². The molecule has 0 fully saturated rings. The van der Waals surface area contributed by atoms with Gasteiger partial charge in [-0.1, -0.05) is 22.0 Å². The van der Waals surface area contributed by atoms with E-state index in [2.05, 4.69) is 26.6 Å². The van der Waals surface area contributed by atoms with Crippen LogP contribution < -0.4 is 15.4 Å². The minimum absolute atomic E-state index is 0.169. The Kier molecular flexibility index (Phi) is 6.18. The van der Waals surface area contributed by atoms with E-state index >= 15 is 0 Å². The number of nitrogens with one attached hydrogen (secondary N) is 2. The summed E-state index contributed by atoms with van der Waals surface area (Å²) in [7, 11) is 0. The van der Waals surface area contributed by atoms with E-state index in [0.29, 0.717) is 22.9 Å². The fourth-order valence-electron chi connectivity index (χ4n) is 2.72. The number of halogens is 1. The summed E-state index contributed by atoms with van der Waals surface area (Å²) in [5.41, 5.74) is 1.13. The quantitative estimate of drug-likeness (QED) is 0.352. The van der Waals surface area contributed by atoms with Crippen LogP contribution >= 0.6 is 15.9 Å². The van der Waals surface area contributed by atoms with E-state index < -0.39 is 0 Å². The van der Waals surface area contributed by atoms with Gasteiger partial charge in [0.05, 0.1) is 6.26 Å². The smallest absolute Gasteiger partial charge is 0.291 e. The van der Waals surface area contributed by atoms with Crippen molar-refractivity contribution in [3.05, 3.63) is 101 Å². The van der Waals surface area contributed by atoms with Gasteiger partial charge in [-0.2, -0.15) is 0 Å². The molecule has 0 spiro atoms. The Bertz CT molecular complexity index is 1180. The van der Waals surface area contributed by atoms with Crippen LogP contribution in [0.5, 0.6) is 5.75 Å². The number of furan rings is 2. The minimum atomic E-state index is -0.388. The molecule has 2 amide bonds. The molecule has 2 N–H and O–H groups in total. The van der Waals surface area contributed by atoms with E-state index in [4.69, 9.17) is 13.6 Å². The normalized spacial score (nSPS) is 10.5. The Morgan fingerprint density at radius 1 is 0.839 bits per heavy atom. The molecule has 2 heterocycles. The van der Waals surface area contributed by atoms with Crippen LogP contribution in [0, 0.1) is 0 Å². The Hall–Kier alpha value is -3.78. The van der Waals surface area contributed by atoms with Gasteiger partial charge < -0.3 is 24.2 Å². The van der Waals surface area contributed by atoms with Crippen LogP contribution in [0.4, 0.5) is 11.4 Å². The van der Waals surface area contributed by atoms with Gasteiger partial charge in [0.25, 0.3) is 11.8 Å². The van der Waals surface area contributed by atoms with Crippen LogP contribution in [0.25, 0.3) is 0 Å². The van der Waals surface area contributed by atoms with E-state index in [1.54, 1.807) is 48.5 Å². The van der Waals surface area contributed by atoms with Gasteiger partial charge in [-0.15, -0.1) is 0 Å². The lowest BCUT2D eigenvalue weighted by Gasteiger charge is -2.06. The van der Waals surface area contributed by atoms with Crippen LogP contribution in [0.15, 0.2) is 92.4 Å². The van der Waals surface area contributed by atoms with Crippen LogP contribution in [0.2, 0.25) is 0 Å². The number of anilines is 2. The topological polar surface area (TPSA) is 93.7 Å². The first-order valence-corrected chi connectivity index (χ1v) is 10.1. The summed E-state index contributed by atoms with van der Waals surface area (Å²) in [4.78, 5) is 24.4. The average molecular weight is 481 g/mol. The largest absolute Gasteiger partial charge is 0.486 e. The van der Waals surface area contributed by atoms with E-state index in [1.807, 2.05) is 24.3 Å². The molecule has 0 saturated heterocycles. The standard InChI is InChI=1S/C23H17BrN2O5/c24-15-3-1-4-18(13-15)30-14-19-10-11-21(31-19)23(28)26-17-8-6-16(7-9-17)25-22(27)20-5-2-12-29-20/h1-13H,14H2,(H,25,27)(H,26,28). The molecule has 0 radical (unpaired) electrons. The van der Waals surface area contributed by atoms with Crippen LogP contribution in [-0.2, 0) is 6.61 Å². The number of hydrogen-bond acceptors (Lipinski definition) is 5. The summed E-state index contributed by atoms with van der Waals surface area (Å²) in [5, 5.41) is 5.46. The summed E-state index contributed by atoms with van der Waals surface area (Å²) < 4.78 is 17.2. The number of amides is 2. The van der Waals surface area contributed by atoms with E-state index in [0.717, 1.165) is 4.47 Å². The molecule has 8 heteroatoms. The van der Waals surface area contributed by atoms with Crippen molar-refractivity contribution >= 4 is 39.1 Å². The predicted molar refractivity (Wildman–Crippen MR) is 118 cm³/mol. The van der Waals surface area contributed by atoms with Crippen molar-refractivity contribution < 1.29 is 23.2 Å². The number of ether oxygens (including phenoxy) is 1. The second-order valence-corrected chi connectivity index (χ2v) is 7.39. The fraction of sp³-hybridized carbons (Fsp3) is 0.0435. The van der Waals surface area contributed by atoms with Gasteiger partial charge in [0, 0.05) is 15.8 Å². The summed E-state index contributed by atoms with van der Waals surface area (Å²) in [6, 6.07) is 20.7. The first-order chi connectivity index (χ1) is 15.1. The Labute approximate surface area is 186 Å². The highest BCUT2D eigenvalue weighted by atomic mass is 79.9. The Morgan fingerprint density at radius 2 is 1.55 bits per heavy atom. The second kappa shape index (κ2) is 9.36. The van der Waals surface area contributed by atoms with Crippen molar-refractivity contribution in [3.63, 3.8) is 0 Å². The third kappa shape index (κ3) is 5.43. The van der Waals surface area contributed by atoms with E-state index in [1.165, 1.54) is 6.26 Å². The molecule has 2 aromatic carbocycles. The Balaban J connectivity index is 1.31. The van der Waals surface area contributed by atoms with E-state index in [-0.39, 0.29) is 29.9 Å². The monoisotopic (exact) mass is 480 g/mol. The van der Waals surface area contributed by atoms with Crippen molar-refractivity contribution in [2.24, 2.45) is 0 Å². The zero-order chi connectivity index (χ0) is 21.6. The molecule has 2 aromatic heterocycles. The molecule has 4 rings (SSSR count). The number of hydrogen-bond donors (Lipinski definition) is 2. The van der Waals surface area contributed by atoms with Gasteiger partial charge in [0.15, 0.2) is 11.5 Å². The first kappa shape index (κ1) is 20.5. The van der Waals surface area contributed by atoms with Crippen LogP contribution in [-0.4, -0.2) is 11.8 Å². The number of rotatable bonds is 7. The molecule has 0 saturated carbocycles. The number of benzene rings is 2. The van der Waals surface area contributed by atoms with Gasteiger partial charge in [-0.3, -0.25) is 9.59 Å².